The molecule has 0 aliphatic heterocycles. The molecule has 184 valence electrons. The molecule has 0 saturated carbocycles. The number of carbonyl (C=O) groups is 1. The molecule has 0 fully saturated rings. The summed E-state index contributed by atoms with van der Waals surface area (Å²) in [5.41, 5.74) is -1.58. The summed E-state index contributed by atoms with van der Waals surface area (Å²) in [7, 11) is 1.21. The number of rotatable bonds is 8. The van der Waals surface area contributed by atoms with Crippen LogP contribution in [-0.4, -0.2) is 24.6 Å². The third-order valence-corrected chi connectivity index (χ3v) is 4.72. The van der Waals surface area contributed by atoms with Crippen LogP contribution in [0.25, 0.3) is 0 Å². The number of nitro groups is 1. The fourth-order valence-electron chi connectivity index (χ4n) is 2.84. The van der Waals surface area contributed by atoms with Crippen molar-refractivity contribution in [3.63, 3.8) is 0 Å². The number of esters is 1. The Kier molecular flexibility index (Phi) is 7.65. The Morgan fingerprint density at radius 3 is 2.29 bits per heavy atom. The minimum atomic E-state index is -5.00. The van der Waals surface area contributed by atoms with E-state index in [1.807, 2.05) is 0 Å². The van der Waals surface area contributed by atoms with Crippen LogP contribution in [-0.2, 0) is 15.7 Å². The predicted molar refractivity (Wildman–Crippen MR) is 117 cm³/mol. The van der Waals surface area contributed by atoms with Gasteiger partial charge in [-0.1, -0.05) is 11.6 Å². The topological polar surface area (TPSA) is 99.9 Å². The van der Waals surface area contributed by atoms with Gasteiger partial charge in [-0.15, -0.1) is 0 Å². The van der Waals surface area contributed by atoms with Crippen molar-refractivity contribution >= 4 is 34.6 Å². The van der Waals surface area contributed by atoms with Gasteiger partial charge < -0.3 is 19.5 Å². The summed E-state index contributed by atoms with van der Waals surface area (Å²) in [5.74, 6) is -2.24. The molecule has 8 nitrogen and oxygen atoms in total. The average molecular weight is 515 g/mol. The number of nitrogens with zero attached hydrogens (tertiary/aromatic N) is 1. The third-order valence-electron chi connectivity index (χ3n) is 4.42. The fraction of sp³-hybridized carbons (Fsp3) is 0.136. The SMILES string of the molecule is COC(=O)COc1ccc(Nc2cc(Oc3cc(F)c(C(F)(F)F)c(Cl)c3)ccc2[N+](=O)[O-])cc1. The first-order valence-corrected chi connectivity index (χ1v) is 9.95. The predicted octanol–water partition coefficient (Wildman–Crippen LogP) is 6.49. The summed E-state index contributed by atoms with van der Waals surface area (Å²) in [6, 6.07) is 10.9. The van der Waals surface area contributed by atoms with Gasteiger partial charge in [-0.2, -0.15) is 13.2 Å². The second-order valence-corrected chi connectivity index (χ2v) is 7.22. The molecule has 3 rings (SSSR count). The average Bonchev–Trinajstić information content (AvgIpc) is 2.77. The van der Waals surface area contributed by atoms with Crippen LogP contribution in [0, 0.1) is 15.9 Å². The molecule has 0 heterocycles. The van der Waals surface area contributed by atoms with E-state index in [2.05, 4.69) is 10.1 Å². The second kappa shape index (κ2) is 10.5. The van der Waals surface area contributed by atoms with E-state index in [4.69, 9.17) is 21.1 Å². The molecule has 0 unspecified atom stereocenters. The summed E-state index contributed by atoms with van der Waals surface area (Å²) in [6.45, 7) is -0.303. The largest absolute Gasteiger partial charge is 0.482 e. The molecule has 35 heavy (non-hydrogen) atoms. The molecule has 0 aliphatic rings. The Bertz CT molecular complexity index is 1230. The molecule has 0 atom stereocenters. The summed E-state index contributed by atoms with van der Waals surface area (Å²) < 4.78 is 67.8. The molecule has 0 aliphatic carbocycles. The number of hydrogen-bond donors (Lipinski definition) is 1. The zero-order chi connectivity index (χ0) is 25.8. The molecule has 13 heteroatoms. The van der Waals surface area contributed by atoms with E-state index in [0.717, 1.165) is 12.1 Å². The van der Waals surface area contributed by atoms with Crippen molar-refractivity contribution in [1.82, 2.24) is 0 Å². The van der Waals surface area contributed by atoms with Crippen molar-refractivity contribution in [2.24, 2.45) is 0 Å². The summed E-state index contributed by atoms with van der Waals surface area (Å²) in [4.78, 5) is 21.9. The second-order valence-electron chi connectivity index (χ2n) is 6.81. The molecule has 0 bridgehead atoms. The Hall–Kier alpha value is -4.06. The standard InChI is InChI=1S/C22H15ClF4N2O6/c1-33-20(30)11-34-13-4-2-12(3-5-13)28-18-10-14(6-7-19(18)29(31)32)35-15-8-16(23)21(17(24)9-15)22(25,26)27/h2-10,28H,11H2,1H3. The van der Waals surface area contributed by atoms with Crippen LogP contribution in [0.5, 0.6) is 17.2 Å². The van der Waals surface area contributed by atoms with Crippen LogP contribution in [0.3, 0.4) is 0 Å². The molecule has 0 spiro atoms. The third kappa shape index (κ3) is 6.51. The maximum Gasteiger partial charge on any atom is 0.420 e. The monoisotopic (exact) mass is 514 g/mol. The molecule has 0 saturated heterocycles. The molecular formula is C22H15ClF4N2O6. The van der Waals surface area contributed by atoms with Gasteiger partial charge in [0.15, 0.2) is 6.61 Å². The molecular weight excluding hydrogens is 500 g/mol. The normalized spacial score (nSPS) is 11.0. The van der Waals surface area contributed by atoms with Gasteiger partial charge >= 0.3 is 12.1 Å². The van der Waals surface area contributed by atoms with E-state index in [1.165, 1.54) is 43.5 Å². The highest BCUT2D eigenvalue weighted by Gasteiger charge is 2.37. The van der Waals surface area contributed by atoms with Crippen molar-refractivity contribution in [2.45, 2.75) is 6.18 Å². The van der Waals surface area contributed by atoms with Gasteiger partial charge in [0.05, 0.1) is 17.1 Å². The van der Waals surface area contributed by atoms with Crippen LogP contribution in [0.1, 0.15) is 5.56 Å². The van der Waals surface area contributed by atoms with Crippen molar-refractivity contribution in [1.29, 1.82) is 0 Å². The first kappa shape index (κ1) is 25.6. The van der Waals surface area contributed by atoms with Gasteiger partial charge in [-0.25, -0.2) is 9.18 Å². The van der Waals surface area contributed by atoms with Crippen molar-refractivity contribution < 1.29 is 41.5 Å². The molecule has 0 radical (unpaired) electrons. The minimum absolute atomic E-state index is 0.0193. The van der Waals surface area contributed by atoms with Crippen LogP contribution in [0.4, 0.5) is 34.6 Å². The van der Waals surface area contributed by atoms with Gasteiger partial charge in [-0.3, -0.25) is 10.1 Å². The molecule has 3 aromatic carbocycles. The van der Waals surface area contributed by atoms with E-state index < -0.39 is 33.5 Å². The lowest BCUT2D eigenvalue weighted by Crippen LogP contribution is -2.12. The maximum absolute atomic E-state index is 14.0. The van der Waals surface area contributed by atoms with Gasteiger partial charge in [-0.05, 0) is 30.3 Å². The van der Waals surface area contributed by atoms with Crippen LogP contribution < -0.4 is 14.8 Å². The number of halogens is 5. The molecule has 3 aromatic rings. The first-order valence-electron chi connectivity index (χ1n) is 9.57. The number of alkyl halides is 3. The number of nitro benzene ring substituents is 1. The number of benzene rings is 3. The Balaban J connectivity index is 1.83. The first-order chi connectivity index (χ1) is 16.5. The maximum atomic E-state index is 14.0. The van der Waals surface area contributed by atoms with Crippen LogP contribution in [0.15, 0.2) is 54.6 Å². The number of carbonyl (C=O) groups excluding carboxylic acids is 1. The van der Waals surface area contributed by atoms with E-state index in [0.29, 0.717) is 17.5 Å². The molecule has 0 amide bonds. The zero-order valence-corrected chi connectivity index (χ0v) is 18.4. The lowest BCUT2D eigenvalue weighted by molar-refractivity contribution is -0.383. The Labute approximate surface area is 200 Å². The lowest BCUT2D eigenvalue weighted by atomic mass is 10.2. The van der Waals surface area contributed by atoms with Crippen molar-refractivity contribution in [3.05, 3.63) is 81.1 Å². The molecule has 1 N–H and O–H groups in total. The van der Waals surface area contributed by atoms with Crippen molar-refractivity contribution in [3.8, 4) is 17.2 Å². The summed E-state index contributed by atoms with van der Waals surface area (Å²) in [5, 5.41) is 13.3. The minimum Gasteiger partial charge on any atom is -0.482 e. The highest BCUT2D eigenvalue weighted by Crippen LogP contribution is 2.40. The summed E-state index contributed by atoms with van der Waals surface area (Å²) in [6.07, 6.45) is -5.00. The van der Waals surface area contributed by atoms with Crippen molar-refractivity contribution in [2.75, 3.05) is 19.0 Å². The van der Waals surface area contributed by atoms with E-state index >= 15 is 0 Å². The number of nitrogens with one attached hydrogen (secondary N) is 1. The Morgan fingerprint density at radius 1 is 1.06 bits per heavy atom. The number of methoxy groups -OCH3 is 1. The van der Waals surface area contributed by atoms with Crippen LogP contribution >= 0.6 is 11.6 Å². The quantitative estimate of drug-likeness (QED) is 0.159. The fourth-order valence-corrected chi connectivity index (χ4v) is 3.15. The highest BCUT2D eigenvalue weighted by atomic mass is 35.5. The highest BCUT2D eigenvalue weighted by molar-refractivity contribution is 6.31. The van der Waals surface area contributed by atoms with Gasteiger partial charge in [0.1, 0.15) is 34.3 Å². The van der Waals surface area contributed by atoms with E-state index in [-0.39, 0.29) is 29.5 Å². The number of hydrogen-bond acceptors (Lipinski definition) is 7. The van der Waals surface area contributed by atoms with Gasteiger partial charge in [0.25, 0.3) is 5.69 Å². The van der Waals surface area contributed by atoms with E-state index in [1.54, 1.807) is 0 Å². The van der Waals surface area contributed by atoms with Gasteiger partial charge in [0, 0.05) is 30.0 Å². The number of ether oxygens (including phenoxy) is 3. The van der Waals surface area contributed by atoms with Crippen LogP contribution in [0.2, 0.25) is 5.02 Å². The molecule has 0 aromatic heterocycles. The smallest absolute Gasteiger partial charge is 0.420 e. The Morgan fingerprint density at radius 2 is 1.71 bits per heavy atom. The van der Waals surface area contributed by atoms with Gasteiger partial charge in [0.2, 0.25) is 0 Å². The number of anilines is 2. The summed E-state index contributed by atoms with van der Waals surface area (Å²) >= 11 is 5.57. The lowest BCUT2D eigenvalue weighted by Gasteiger charge is -2.14. The zero-order valence-electron chi connectivity index (χ0n) is 17.7. The van der Waals surface area contributed by atoms with E-state index in [9.17, 15) is 32.5 Å².